The summed E-state index contributed by atoms with van der Waals surface area (Å²) in [4.78, 5) is 0. The molecule has 1 atom stereocenters. The van der Waals surface area contributed by atoms with Gasteiger partial charge in [-0.25, -0.2) is 0 Å². The maximum Gasteiger partial charge on any atom is 0.125 e. The molecule has 3 nitrogen and oxygen atoms in total. The highest BCUT2D eigenvalue weighted by Crippen LogP contribution is 2.40. The second-order valence-corrected chi connectivity index (χ2v) is 5.46. The van der Waals surface area contributed by atoms with Gasteiger partial charge in [-0.15, -0.1) is 0 Å². The van der Waals surface area contributed by atoms with E-state index in [9.17, 15) is 0 Å². The van der Waals surface area contributed by atoms with Gasteiger partial charge in [-0.1, -0.05) is 6.92 Å². The van der Waals surface area contributed by atoms with Crippen molar-refractivity contribution in [1.82, 2.24) is 5.32 Å². The van der Waals surface area contributed by atoms with E-state index in [-0.39, 0.29) is 5.60 Å². The first kappa shape index (κ1) is 13.2. The van der Waals surface area contributed by atoms with Crippen LogP contribution in [0.1, 0.15) is 45.2 Å². The minimum Gasteiger partial charge on any atom is -0.494 e. The Morgan fingerprint density at radius 1 is 1.44 bits per heavy atom. The summed E-state index contributed by atoms with van der Waals surface area (Å²) in [7, 11) is 2.00. The van der Waals surface area contributed by atoms with Crippen LogP contribution in [0.5, 0.6) is 11.5 Å². The molecule has 0 saturated heterocycles. The second-order valence-electron chi connectivity index (χ2n) is 5.46. The zero-order valence-corrected chi connectivity index (χ0v) is 11.7. The first-order valence-electron chi connectivity index (χ1n) is 6.69. The van der Waals surface area contributed by atoms with Crippen molar-refractivity contribution in [3.63, 3.8) is 0 Å². The van der Waals surface area contributed by atoms with Crippen molar-refractivity contribution < 1.29 is 9.47 Å². The van der Waals surface area contributed by atoms with E-state index in [4.69, 9.17) is 9.47 Å². The van der Waals surface area contributed by atoms with E-state index in [1.165, 1.54) is 5.56 Å². The smallest absolute Gasteiger partial charge is 0.125 e. The van der Waals surface area contributed by atoms with Gasteiger partial charge in [0.15, 0.2) is 0 Å². The van der Waals surface area contributed by atoms with Crippen molar-refractivity contribution in [3.8, 4) is 11.5 Å². The lowest BCUT2D eigenvalue weighted by molar-refractivity contribution is 0.0673. The number of benzene rings is 1. The second kappa shape index (κ2) is 5.19. The summed E-state index contributed by atoms with van der Waals surface area (Å²) in [6.45, 7) is 7.12. The lowest BCUT2D eigenvalue weighted by atomic mass is 9.90. The fourth-order valence-electron chi connectivity index (χ4n) is 2.40. The van der Waals surface area contributed by atoms with Gasteiger partial charge in [0.2, 0.25) is 0 Å². The zero-order valence-electron chi connectivity index (χ0n) is 11.7. The van der Waals surface area contributed by atoms with Gasteiger partial charge >= 0.3 is 0 Å². The Labute approximate surface area is 109 Å². The van der Waals surface area contributed by atoms with E-state index >= 15 is 0 Å². The third-order valence-electron chi connectivity index (χ3n) is 3.26. The van der Waals surface area contributed by atoms with Gasteiger partial charge in [0, 0.05) is 18.0 Å². The predicted molar refractivity (Wildman–Crippen MR) is 73.4 cm³/mol. The molecular weight excluding hydrogens is 226 g/mol. The molecule has 1 aromatic carbocycles. The van der Waals surface area contributed by atoms with Gasteiger partial charge in [-0.3, -0.25) is 0 Å². The van der Waals surface area contributed by atoms with Crippen LogP contribution in [0.3, 0.4) is 0 Å². The Bertz CT molecular complexity index is 415. The standard InChI is InChI=1S/C15H23NO2/c1-5-8-17-11-6-7-14-12(9-11)13(16-4)10-15(2,3)18-14/h6-7,9,13,16H,5,8,10H2,1-4H3. The summed E-state index contributed by atoms with van der Waals surface area (Å²) in [5.74, 6) is 1.90. The van der Waals surface area contributed by atoms with Crippen LogP contribution in [0.15, 0.2) is 18.2 Å². The fraction of sp³-hybridized carbons (Fsp3) is 0.600. The van der Waals surface area contributed by atoms with Crippen LogP contribution in [0, 0.1) is 0 Å². The molecule has 0 saturated carbocycles. The molecule has 0 aromatic heterocycles. The third kappa shape index (κ3) is 2.78. The first-order valence-corrected chi connectivity index (χ1v) is 6.69. The Balaban J connectivity index is 2.27. The molecule has 18 heavy (non-hydrogen) atoms. The van der Waals surface area contributed by atoms with Crippen LogP contribution in [0.2, 0.25) is 0 Å². The van der Waals surface area contributed by atoms with Crippen LogP contribution in [0.4, 0.5) is 0 Å². The average Bonchev–Trinajstić information content (AvgIpc) is 2.34. The molecule has 1 aliphatic rings. The number of fused-ring (bicyclic) bond motifs is 1. The van der Waals surface area contributed by atoms with E-state index < -0.39 is 0 Å². The molecule has 0 spiro atoms. The Morgan fingerprint density at radius 2 is 2.22 bits per heavy atom. The number of hydrogen-bond acceptors (Lipinski definition) is 3. The summed E-state index contributed by atoms with van der Waals surface area (Å²) >= 11 is 0. The van der Waals surface area contributed by atoms with Crippen molar-refractivity contribution in [2.45, 2.75) is 45.3 Å². The normalized spacial score (nSPS) is 21.0. The molecule has 1 aliphatic heterocycles. The van der Waals surface area contributed by atoms with Crippen LogP contribution in [-0.2, 0) is 0 Å². The Hall–Kier alpha value is -1.22. The topological polar surface area (TPSA) is 30.5 Å². The summed E-state index contributed by atoms with van der Waals surface area (Å²) in [5.41, 5.74) is 1.08. The van der Waals surface area contributed by atoms with E-state index in [2.05, 4.69) is 32.2 Å². The molecule has 0 fully saturated rings. The average molecular weight is 249 g/mol. The van der Waals surface area contributed by atoms with E-state index in [0.29, 0.717) is 6.04 Å². The van der Waals surface area contributed by atoms with Gasteiger partial charge in [-0.05, 0) is 45.5 Å². The summed E-state index contributed by atoms with van der Waals surface area (Å²) in [6, 6.07) is 6.43. The minimum atomic E-state index is -0.119. The number of ether oxygens (including phenoxy) is 2. The highest BCUT2D eigenvalue weighted by atomic mass is 16.5. The molecule has 100 valence electrons. The van der Waals surface area contributed by atoms with Crippen LogP contribution < -0.4 is 14.8 Å². The van der Waals surface area contributed by atoms with Crippen molar-refractivity contribution in [1.29, 1.82) is 0 Å². The quantitative estimate of drug-likeness (QED) is 0.888. The molecule has 1 heterocycles. The maximum absolute atomic E-state index is 6.02. The predicted octanol–water partition coefficient (Wildman–Crippen LogP) is 3.30. The molecule has 0 bridgehead atoms. The summed E-state index contributed by atoms with van der Waals surface area (Å²) in [6.07, 6.45) is 1.99. The molecule has 1 N–H and O–H groups in total. The van der Waals surface area contributed by atoms with Crippen LogP contribution in [-0.4, -0.2) is 19.3 Å². The molecular formula is C15H23NO2. The van der Waals surface area contributed by atoms with E-state index in [1.807, 2.05) is 19.2 Å². The molecule has 0 amide bonds. The summed E-state index contributed by atoms with van der Waals surface area (Å²) < 4.78 is 11.7. The van der Waals surface area contributed by atoms with Crippen molar-refractivity contribution in [3.05, 3.63) is 23.8 Å². The highest BCUT2D eigenvalue weighted by Gasteiger charge is 2.33. The fourth-order valence-corrected chi connectivity index (χ4v) is 2.40. The van der Waals surface area contributed by atoms with Gasteiger partial charge < -0.3 is 14.8 Å². The molecule has 1 aromatic rings. The third-order valence-corrected chi connectivity index (χ3v) is 3.26. The SMILES string of the molecule is CCCOc1ccc2c(c1)C(NC)CC(C)(C)O2. The largest absolute Gasteiger partial charge is 0.494 e. The van der Waals surface area contributed by atoms with Gasteiger partial charge in [0.25, 0.3) is 0 Å². The Morgan fingerprint density at radius 3 is 2.89 bits per heavy atom. The molecule has 0 aliphatic carbocycles. The number of hydrogen-bond donors (Lipinski definition) is 1. The monoisotopic (exact) mass is 249 g/mol. The number of rotatable bonds is 4. The lowest BCUT2D eigenvalue weighted by Crippen LogP contribution is -2.38. The summed E-state index contributed by atoms with van der Waals surface area (Å²) in [5, 5.41) is 3.36. The van der Waals surface area contributed by atoms with Crippen molar-refractivity contribution in [2.24, 2.45) is 0 Å². The van der Waals surface area contributed by atoms with Crippen molar-refractivity contribution >= 4 is 0 Å². The minimum absolute atomic E-state index is 0.119. The van der Waals surface area contributed by atoms with Crippen LogP contribution in [0.25, 0.3) is 0 Å². The van der Waals surface area contributed by atoms with Crippen LogP contribution >= 0.6 is 0 Å². The van der Waals surface area contributed by atoms with E-state index in [0.717, 1.165) is 30.9 Å². The number of nitrogens with one attached hydrogen (secondary N) is 1. The van der Waals surface area contributed by atoms with Gasteiger partial charge in [0.05, 0.1) is 6.61 Å². The maximum atomic E-state index is 6.02. The molecule has 2 rings (SSSR count). The molecule has 0 radical (unpaired) electrons. The molecule has 1 unspecified atom stereocenters. The first-order chi connectivity index (χ1) is 8.55. The Kier molecular flexibility index (Phi) is 3.81. The molecule has 3 heteroatoms. The van der Waals surface area contributed by atoms with E-state index in [1.54, 1.807) is 0 Å². The van der Waals surface area contributed by atoms with Gasteiger partial charge in [-0.2, -0.15) is 0 Å². The van der Waals surface area contributed by atoms with Crippen molar-refractivity contribution in [2.75, 3.05) is 13.7 Å². The highest BCUT2D eigenvalue weighted by molar-refractivity contribution is 5.44. The zero-order chi connectivity index (χ0) is 13.2. The van der Waals surface area contributed by atoms with Gasteiger partial charge in [0.1, 0.15) is 17.1 Å². The lowest BCUT2D eigenvalue weighted by Gasteiger charge is -2.37.